The standard InChI is InChI=1S/C22H24N2O5S/c1-3-16(2)17-9-12-20(13-10-17)30(26,27)24-23-22(25)21-14-11-19(29-21)15-28-18-7-5-4-6-8-18/h4-14,16,24H,3,15H2,1-2H3,(H,23,25)/t16-/m0/s1. The Bertz CT molecular complexity index is 1080. The third kappa shape index (κ3) is 5.49. The van der Waals surface area contributed by atoms with Crippen molar-refractivity contribution < 1.29 is 22.4 Å². The fraction of sp³-hybridized carbons (Fsp3) is 0.227. The second kappa shape index (κ2) is 9.60. The van der Waals surface area contributed by atoms with Crippen LogP contribution in [0.1, 0.15) is 48.1 Å². The smallest absolute Gasteiger partial charge is 0.301 e. The van der Waals surface area contributed by atoms with Gasteiger partial charge in [-0.15, -0.1) is 4.83 Å². The van der Waals surface area contributed by atoms with E-state index in [1.54, 1.807) is 30.3 Å². The average Bonchev–Trinajstić information content (AvgIpc) is 3.25. The van der Waals surface area contributed by atoms with Gasteiger partial charge in [-0.3, -0.25) is 10.2 Å². The van der Waals surface area contributed by atoms with E-state index >= 15 is 0 Å². The van der Waals surface area contributed by atoms with Crippen LogP contribution in [-0.4, -0.2) is 14.3 Å². The molecule has 0 saturated heterocycles. The van der Waals surface area contributed by atoms with E-state index in [4.69, 9.17) is 9.15 Å². The molecule has 0 aliphatic carbocycles. The predicted octanol–water partition coefficient (Wildman–Crippen LogP) is 4.00. The van der Waals surface area contributed by atoms with Crippen molar-refractivity contribution in [2.45, 2.75) is 37.7 Å². The van der Waals surface area contributed by atoms with Crippen LogP contribution in [0.25, 0.3) is 0 Å². The molecule has 7 nitrogen and oxygen atoms in total. The second-order valence-electron chi connectivity index (χ2n) is 6.81. The van der Waals surface area contributed by atoms with Crippen molar-refractivity contribution in [1.82, 2.24) is 10.3 Å². The molecule has 0 spiro atoms. The monoisotopic (exact) mass is 428 g/mol. The molecular formula is C22H24N2O5S. The highest BCUT2D eigenvalue weighted by molar-refractivity contribution is 7.89. The van der Waals surface area contributed by atoms with Crippen molar-refractivity contribution in [3.63, 3.8) is 0 Å². The van der Waals surface area contributed by atoms with Gasteiger partial charge in [0, 0.05) is 0 Å². The number of amides is 1. The summed E-state index contributed by atoms with van der Waals surface area (Å²) in [5, 5.41) is 0. The number of rotatable bonds is 9. The first kappa shape index (κ1) is 21.6. The van der Waals surface area contributed by atoms with Crippen molar-refractivity contribution in [3.05, 3.63) is 83.8 Å². The van der Waals surface area contributed by atoms with Gasteiger partial charge in [0.05, 0.1) is 4.90 Å². The van der Waals surface area contributed by atoms with E-state index in [0.717, 1.165) is 12.0 Å². The highest BCUT2D eigenvalue weighted by Gasteiger charge is 2.18. The van der Waals surface area contributed by atoms with Crippen LogP contribution in [0.5, 0.6) is 5.75 Å². The molecule has 1 aromatic heterocycles. The van der Waals surface area contributed by atoms with Gasteiger partial charge in [0.2, 0.25) is 0 Å². The fourth-order valence-corrected chi connectivity index (χ4v) is 3.53. The van der Waals surface area contributed by atoms with Gasteiger partial charge in [-0.1, -0.05) is 44.2 Å². The summed E-state index contributed by atoms with van der Waals surface area (Å²) >= 11 is 0. The maximum atomic E-state index is 12.4. The molecular weight excluding hydrogens is 404 g/mol. The van der Waals surface area contributed by atoms with Crippen LogP contribution in [0.2, 0.25) is 0 Å². The molecule has 1 amide bonds. The van der Waals surface area contributed by atoms with E-state index < -0.39 is 15.9 Å². The molecule has 0 aliphatic rings. The number of nitrogens with one attached hydrogen (secondary N) is 2. The Hall–Kier alpha value is -3.10. The summed E-state index contributed by atoms with van der Waals surface area (Å²) < 4.78 is 35.8. The van der Waals surface area contributed by atoms with Gasteiger partial charge < -0.3 is 9.15 Å². The molecule has 2 N–H and O–H groups in total. The van der Waals surface area contributed by atoms with E-state index in [0.29, 0.717) is 17.4 Å². The van der Waals surface area contributed by atoms with E-state index in [2.05, 4.69) is 24.1 Å². The molecule has 30 heavy (non-hydrogen) atoms. The first-order valence-corrected chi connectivity index (χ1v) is 11.1. The van der Waals surface area contributed by atoms with E-state index in [-0.39, 0.29) is 17.3 Å². The summed E-state index contributed by atoms with van der Waals surface area (Å²) in [7, 11) is -3.90. The summed E-state index contributed by atoms with van der Waals surface area (Å²) in [6.45, 7) is 4.29. The summed E-state index contributed by atoms with van der Waals surface area (Å²) in [5.74, 6) is 0.713. The lowest BCUT2D eigenvalue weighted by Crippen LogP contribution is -2.41. The van der Waals surface area contributed by atoms with Gasteiger partial charge in [0.15, 0.2) is 5.76 Å². The average molecular weight is 429 g/mol. The summed E-state index contributed by atoms with van der Waals surface area (Å²) in [6.07, 6.45) is 0.960. The summed E-state index contributed by atoms with van der Waals surface area (Å²) in [4.78, 5) is 14.4. The van der Waals surface area contributed by atoms with Crippen LogP contribution < -0.4 is 15.0 Å². The highest BCUT2D eigenvalue weighted by Crippen LogP contribution is 2.20. The zero-order valence-corrected chi connectivity index (χ0v) is 17.6. The largest absolute Gasteiger partial charge is 0.486 e. The minimum absolute atomic E-state index is 0.0310. The summed E-state index contributed by atoms with van der Waals surface area (Å²) in [5.41, 5.74) is 3.22. The first-order chi connectivity index (χ1) is 14.4. The lowest BCUT2D eigenvalue weighted by atomic mass is 9.99. The number of sulfonamides is 1. The number of hydrazine groups is 1. The molecule has 2 aromatic carbocycles. The number of para-hydroxylation sites is 1. The number of benzene rings is 2. The molecule has 3 aromatic rings. The van der Waals surface area contributed by atoms with Crippen LogP contribution in [-0.2, 0) is 16.6 Å². The van der Waals surface area contributed by atoms with E-state index in [9.17, 15) is 13.2 Å². The van der Waals surface area contributed by atoms with Crippen LogP contribution in [0.15, 0.2) is 76.0 Å². The number of ether oxygens (including phenoxy) is 1. The molecule has 0 saturated carbocycles. The Kier molecular flexibility index (Phi) is 6.91. The Labute approximate surface area is 176 Å². The first-order valence-electron chi connectivity index (χ1n) is 9.57. The molecule has 0 radical (unpaired) electrons. The predicted molar refractivity (Wildman–Crippen MR) is 112 cm³/mol. The van der Waals surface area contributed by atoms with Crippen molar-refractivity contribution >= 4 is 15.9 Å². The molecule has 0 bridgehead atoms. The SMILES string of the molecule is CC[C@H](C)c1ccc(S(=O)(=O)NNC(=O)c2ccc(COc3ccccc3)o2)cc1. The van der Waals surface area contributed by atoms with Gasteiger partial charge in [-0.2, -0.15) is 0 Å². The van der Waals surface area contributed by atoms with Gasteiger partial charge in [0.1, 0.15) is 18.1 Å². The van der Waals surface area contributed by atoms with Crippen LogP contribution in [0, 0.1) is 0 Å². The van der Waals surface area contributed by atoms with E-state index in [1.807, 2.05) is 18.2 Å². The fourth-order valence-electron chi connectivity index (χ4n) is 2.69. The van der Waals surface area contributed by atoms with E-state index in [1.165, 1.54) is 18.2 Å². The number of carbonyl (C=O) groups is 1. The third-order valence-corrected chi connectivity index (χ3v) is 5.94. The summed E-state index contributed by atoms with van der Waals surface area (Å²) in [6, 6.07) is 18.8. The molecule has 8 heteroatoms. The second-order valence-corrected chi connectivity index (χ2v) is 8.49. The van der Waals surface area contributed by atoms with Crippen LogP contribution in [0.3, 0.4) is 0 Å². The highest BCUT2D eigenvalue weighted by atomic mass is 32.2. The number of hydrogen-bond donors (Lipinski definition) is 2. The molecule has 0 unspecified atom stereocenters. The topological polar surface area (TPSA) is 97.6 Å². The molecule has 1 heterocycles. The maximum absolute atomic E-state index is 12.4. The third-order valence-electron chi connectivity index (χ3n) is 4.68. The molecule has 0 aliphatic heterocycles. The molecule has 1 atom stereocenters. The minimum Gasteiger partial charge on any atom is -0.486 e. The van der Waals surface area contributed by atoms with Gasteiger partial charge >= 0.3 is 5.91 Å². The maximum Gasteiger partial charge on any atom is 0.301 e. The lowest BCUT2D eigenvalue weighted by molar-refractivity contribution is 0.0913. The van der Waals surface area contributed by atoms with Crippen molar-refractivity contribution in [2.75, 3.05) is 0 Å². The molecule has 0 fully saturated rings. The van der Waals surface area contributed by atoms with Gasteiger partial charge in [-0.25, -0.2) is 8.42 Å². The lowest BCUT2D eigenvalue weighted by Gasteiger charge is -2.11. The minimum atomic E-state index is -3.90. The van der Waals surface area contributed by atoms with Crippen LogP contribution in [0.4, 0.5) is 0 Å². The zero-order valence-electron chi connectivity index (χ0n) is 16.8. The zero-order chi connectivity index (χ0) is 21.6. The van der Waals surface area contributed by atoms with Crippen molar-refractivity contribution in [1.29, 1.82) is 0 Å². The Balaban J connectivity index is 1.56. The normalized spacial score (nSPS) is 12.3. The number of carbonyl (C=O) groups excluding carboxylic acids is 1. The number of furan rings is 1. The van der Waals surface area contributed by atoms with Gasteiger partial charge in [0.25, 0.3) is 10.0 Å². The molecule has 3 rings (SSSR count). The Morgan fingerprint density at radius 3 is 2.40 bits per heavy atom. The molecule has 158 valence electrons. The van der Waals surface area contributed by atoms with Crippen molar-refractivity contribution in [2.24, 2.45) is 0 Å². The van der Waals surface area contributed by atoms with Crippen LogP contribution >= 0.6 is 0 Å². The number of hydrogen-bond acceptors (Lipinski definition) is 5. The Morgan fingerprint density at radius 2 is 1.73 bits per heavy atom. The van der Waals surface area contributed by atoms with Crippen molar-refractivity contribution in [3.8, 4) is 5.75 Å². The Morgan fingerprint density at radius 1 is 1.03 bits per heavy atom. The quantitative estimate of drug-likeness (QED) is 0.502. The van der Waals surface area contributed by atoms with Gasteiger partial charge in [-0.05, 0) is 54.3 Å².